The Labute approximate surface area is 146 Å². The highest BCUT2D eigenvalue weighted by molar-refractivity contribution is 5.72. The Hall–Kier alpha value is -2.79. The van der Waals surface area contributed by atoms with E-state index in [1.165, 1.54) is 18.0 Å². The zero-order valence-electron chi connectivity index (χ0n) is 14.1. The minimum atomic E-state index is -0.213. The highest BCUT2D eigenvalue weighted by atomic mass is 19.1. The molecule has 0 aliphatic carbocycles. The third kappa shape index (κ3) is 3.23. The van der Waals surface area contributed by atoms with Gasteiger partial charge in [-0.25, -0.2) is 14.4 Å². The van der Waals surface area contributed by atoms with E-state index in [4.69, 9.17) is 0 Å². The van der Waals surface area contributed by atoms with Crippen LogP contribution in [-0.4, -0.2) is 35.0 Å². The molecular weight excluding hydrogens is 315 g/mol. The summed E-state index contributed by atoms with van der Waals surface area (Å²) in [5, 5.41) is 0. The number of likely N-dealkylation sites (N-methyl/N-ethyl adjacent to an activating group) is 1. The SMILES string of the molecule is CN1CCN(c2cccc(F)c2)c2ccc(-c3cncnc3)cc2C1. The van der Waals surface area contributed by atoms with Crippen LogP contribution in [0.5, 0.6) is 0 Å². The van der Waals surface area contributed by atoms with Gasteiger partial charge in [-0.15, -0.1) is 0 Å². The Bertz CT molecular complexity index is 882. The molecule has 0 atom stereocenters. The molecule has 1 aromatic heterocycles. The summed E-state index contributed by atoms with van der Waals surface area (Å²) in [4.78, 5) is 12.7. The number of halogens is 1. The summed E-state index contributed by atoms with van der Waals surface area (Å²) in [5.41, 5.74) is 5.30. The zero-order chi connectivity index (χ0) is 17.2. The Morgan fingerprint density at radius 1 is 0.960 bits per heavy atom. The van der Waals surface area contributed by atoms with Gasteiger partial charge in [0, 0.05) is 49.0 Å². The summed E-state index contributed by atoms with van der Waals surface area (Å²) < 4.78 is 13.7. The van der Waals surface area contributed by atoms with Gasteiger partial charge >= 0.3 is 0 Å². The Balaban J connectivity index is 1.79. The molecular formula is C20H19FN4. The molecule has 0 N–H and O–H groups in total. The molecule has 0 bridgehead atoms. The molecule has 1 aliphatic rings. The van der Waals surface area contributed by atoms with Gasteiger partial charge in [-0.1, -0.05) is 12.1 Å². The fourth-order valence-electron chi connectivity index (χ4n) is 3.28. The van der Waals surface area contributed by atoms with Crippen molar-refractivity contribution in [2.24, 2.45) is 0 Å². The molecule has 5 heteroatoms. The molecule has 126 valence electrons. The average molecular weight is 334 g/mol. The number of hydrogen-bond acceptors (Lipinski definition) is 4. The molecule has 0 saturated carbocycles. The van der Waals surface area contributed by atoms with Crippen molar-refractivity contribution in [2.75, 3.05) is 25.0 Å². The van der Waals surface area contributed by atoms with Gasteiger partial charge in [-0.05, 0) is 48.5 Å². The molecule has 0 spiro atoms. The predicted molar refractivity (Wildman–Crippen MR) is 97.2 cm³/mol. The van der Waals surface area contributed by atoms with Crippen LogP contribution in [0.1, 0.15) is 5.56 Å². The molecule has 0 amide bonds. The van der Waals surface area contributed by atoms with Gasteiger partial charge in [-0.3, -0.25) is 0 Å². The minimum Gasteiger partial charge on any atom is -0.340 e. The summed E-state index contributed by atoms with van der Waals surface area (Å²) in [6.45, 7) is 2.58. The number of fused-ring (bicyclic) bond motifs is 1. The standard InChI is InChI=1S/C20H19FN4/c1-24-7-8-25(19-4-2-3-18(21)10-19)20-6-5-15(9-16(20)13-24)17-11-22-14-23-12-17/h2-6,9-12,14H,7-8,13H2,1H3. The summed E-state index contributed by atoms with van der Waals surface area (Å²) >= 11 is 0. The van der Waals surface area contributed by atoms with Crippen LogP contribution in [0.15, 0.2) is 61.2 Å². The van der Waals surface area contributed by atoms with Crippen LogP contribution in [-0.2, 0) is 6.54 Å². The van der Waals surface area contributed by atoms with Crippen molar-refractivity contribution in [1.29, 1.82) is 0 Å². The topological polar surface area (TPSA) is 32.3 Å². The largest absolute Gasteiger partial charge is 0.340 e. The average Bonchev–Trinajstić information content (AvgIpc) is 2.80. The third-order valence-corrected chi connectivity index (χ3v) is 4.53. The second kappa shape index (κ2) is 6.61. The highest BCUT2D eigenvalue weighted by Crippen LogP contribution is 2.34. The quantitative estimate of drug-likeness (QED) is 0.712. The fourth-order valence-corrected chi connectivity index (χ4v) is 3.28. The Morgan fingerprint density at radius 2 is 1.80 bits per heavy atom. The van der Waals surface area contributed by atoms with Gasteiger partial charge in [0.2, 0.25) is 0 Å². The van der Waals surface area contributed by atoms with E-state index in [9.17, 15) is 4.39 Å². The van der Waals surface area contributed by atoms with Crippen molar-refractivity contribution < 1.29 is 4.39 Å². The normalized spacial score (nSPS) is 14.9. The van der Waals surface area contributed by atoms with Gasteiger partial charge in [0.05, 0.1) is 0 Å². The first-order valence-electron chi connectivity index (χ1n) is 8.31. The number of hydrogen-bond donors (Lipinski definition) is 0. The minimum absolute atomic E-state index is 0.213. The van der Waals surface area contributed by atoms with Crippen LogP contribution in [0.25, 0.3) is 11.1 Å². The number of aromatic nitrogens is 2. The molecule has 2 aromatic carbocycles. The third-order valence-electron chi connectivity index (χ3n) is 4.53. The van der Waals surface area contributed by atoms with Crippen LogP contribution < -0.4 is 4.90 Å². The summed E-state index contributed by atoms with van der Waals surface area (Å²) in [6.07, 6.45) is 5.17. The maximum atomic E-state index is 13.7. The molecule has 3 aromatic rings. The molecule has 25 heavy (non-hydrogen) atoms. The fraction of sp³-hybridized carbons (Fsp3) is 0.200. The van der Waals surface area contributed by atoms with Crippen molar-refractivity contribution in [2.45, 2.75) is 6.54 Å². The van der Waals surface area contributed by atoms with Crippen molar-refractivity contribution >= 4 is 11.4 Å². The van der Waals surface area contributed by atoms with Gasteiger partial charge in [0.15, 0.2) is 0 Å². The Kier molecular flexibility index (Phi) is 4.15. The van der Waals surface area contributed by atoms with Gasteiger partial charge in [0.1, 0.15) is 12.1 Å². The summed E-state index contributed by atoms with van der Waals surface area (Å²) in [6, 6.07) is 13.2. The van der Waals surface area contributed by atoms with E-state index in [1.807, 2.05) is 18.5 Å². The van der Waals surface area contributed by atoms with E-state index in [0.29, 0.717) is 0 Å². The first kappa shape index (κ1) is 15.7. The van der Waals surface area contributed by atoms with E-state index in [1.54, 1.807) is 12.1 Å². The second-order valence-electron chi connectivity index (χ2n) is 6.34. The van der Waals surface area contributed by atoms with Crippen LogP contribution in [0, 0.1) is 5.82 Å². The number of benzene rings is 2. The van der Waals surface area contributed by atoms with Crippen molar-refractivity contribution in [3.05, 3.63) is 72.6 Å². The lowest BCUT2D eigenvalue weighted by Crippen LogP contribution is -2.26. The molecule has 4 nitrogen and oxygen atoms in total. The van der Waals surface area contributed by atoms with Crippen molar-refractivity contribution in [1.82, 2.24) is 14.9 Å². The molecule has 0 unspecified atom stereocenters. The van der Waals surface area contributed by atoms with E-state index < -0.39 is 0 Å². The van der Waals surface area contributed by atoms with E-state index in [2.05, 4.69) is 45.0 Å². The summed E-state index contributed by atoms with van der Waals surface area (Å²) in [7, 11) is 2.11. The lowest BCUT2D eigenvalue weighted by atomic mass is 10.0. The zero-order valence-corrected chi connectivity index (χ0v) is 14.1. The van der Waals surface area contributed by atoms with Crippen LogP contribution in [0.4, 0.5) is 15.8 Å². The molecule has 0 saturated heterocycles. The predicted octanol–water partition coefficient (Wildman–Crippen LogP) is 3.87. The van der Waals surface area contributed by atoms with E-state index in [-0.39, 0.29) is 5.82 Å². The molecule has 4 rings (SSSR count). The maximum Gasteiger partial charge on any atom is 0.125 e. The number of rotatable bonds is 2. The maximum absolute atomic E-state index is 13.7. The summed E-state index contributed by atoms with van der Waals surface area (Å²) in [5.74, 6) is -0.213. The van der Waals surface area contributed by atoms with Crippen LogP contribution >= 0.6 is 0 Å². The first-order chi connectivity index (χ1) is 12.2. The highest BCUT2D eigenvalue weighted by Gasteiger charge is 2.20. The lowest BCUT2D eigenvalue weighted by molar-refractivity contribution is 0.343. The van der Waals surface area contributed by atoms with E-state index in [0.717, 1.165) is 42.1 Å². The molecule has 0 fully saturated rings. The van der Waals surface area contributed by atoms with E-state index >= 15 is 0 Å². The molecule has 2 heterocycles. The number of nitrogens with zero attached hydrogens (tertiary/aromatic N) is 4. The van der Waals surface area contributed by atoms with Gasteiger partial charge < -0.3 is 9.80 Å². The number of anilines is 2. The molecule has 1 aliphatic heterocycles. The van der Waals surface area contributed by atoms with Gasteiger partial charge in [0.25, 0.3) is 0 Å². The van der Waals surface area contributed by atoms with Crippen LogP contribution in [0.3, 0.4) is 0 Å². The smallest absolute Gasteiger partial charge is 0.125 e. The lowest BCUT2D eigenvalue weighted by Gasteiger charge is -2.25. The van der Waals surface area contributed by atoms with Crippen molar-refractivity contribution in [3.8, 4) is 11.1 Å². The van der Waals surface area contributed by atoms with Crippen molar-refractivity contribution in [3.63, 3.8) is 0 Å². The molecule has 0 radical (unpaired) electrons. The Morgan fingerprint density at radius 3 is 2.60 bits per heavy atom. The first-order valence-corrected chi connectivity index (χ1v) is 8.31. The van der Waals surface area contributed by atoms with Crippen LogP contribution in [0.2, 0.25) is 0 Å². The second-order valence-corrected chi connectivity index (χ2v) is 6.34. The monoisotopic (exact) mass is 334 g/mol. The van der Waals surface area contributed by atoms with Gasteiger partial charge in [-0.2, -0.15) is 0 Å².